The third-order valence-electron chi connectivity index (χ3n) is 2.39. The maximum Gasteiger partial charge on any atom is 0.123 e. The third kappa shape index (κ3) is 1.78. The monoisotopic (exact) mass is 168 g/mol. The van der Waals surface area contributed by atoms with Gasteiger partial charge in [0.15, 0.2) is 0 Å². The van der Waals surface area contributed by atoms with E-state index in [0.717, 1.165) is 26.1 Å². The lowest BCUT2D eigenvalue weighted by Crippen LogP contribution is -2.29. The lowest BCUT2D eigenvalue weighted by molar-refractivity contribution is -0.0912. The van der Waals surface area contributed by atoms with Crippen LogP contribution in [0.4, 0.5) is 0 Å². The Morgan fingerprint density at radius 2 is 2.17 bits per heavy atom. The van der Waals surface area contributed by atoms with Crippen molar-refractivity contribution in [3.8, 4) is 0 Å². The van der Waals surface area contributed by atoms with Crippen molar-refractivity contribution in [1.82, 2.24) is 5.06 Å². The Labute approximate surface area is 73.4 Å². The Balaban J connectivity index is 1.91. The number of amidine groups is 1. The Hall–Kier alpha value is -0.570. The summed E-state index contributed by atoms with van der Waals surface area (Å²) in [6.07, 6.45) is 6.06. The second-order valence-electron chi connectivity index (χ2n) is 3.40. The average molecular weight is 168 g/mol. The quantitative estimate of drug-likeness (QED) is 0.548. The minimum Gasteiger partial charge on any atom is -0.272 e. The number of rotatable bonds is 0. The molecule has 68 valence electrons. The number of nitrogens with zero attached hydrogens (tertiary/aromatic N) is 2. The molecule has 0 aliphatic carbocycles. The molecule has 0 aromatic carbocycles. The van der Waals surface area contributed by atoms with Gasteiger partial charge in [0, 0.05) is 19.5 Å². The highest BCUT2D eigenvalue weighted by atomic mass is 16.7. The molecule has 1 saturated heterocycles. The first kappa shape index (κ1) is 8.05. The van der Waals surface area contributed by atoms with Crippen LogP contribution in [0.15, 0.2) is 4.99 Å². The highest BCUT2D eigenvalue weighted by Gasteiger charge is 2.16. The highest BCUT2D eigenvalue weighted by Crippen LogP contribution is 2.13. The van der Waals surface area contributed by atoms with Gasteiger partial charge in [-0.1, -0.05) is 0 Å². The first-order valence-corrected chi connectivity index (χ1v) is 4.90. The smallest absolute Gasteiger partial charge is 0.123 e. The van der Waals surface area contributed by atoms with Crippen molar-refractivity contribution in [2.24, 2.45) is 4.99 Å². The van der Waals surface area contributed by atoms with Crippen molar-refractivity contribution in [2.75, 3.05) is 19.7 Å². The maximum atomic E-state index is 5.59. The summed E-state index contributed by atoms with van der Waals surface area (Å²) in [7, 11) is 0. The number of hydrogen-bond donors (Lipinski definition) is 0. The molecule has 0 atom stereocenters. The van der Waals surface area contributed by atoms with E-state index in [1.165, 1.54) is 31.5 Å². The van der Waals surface area contributed by atoms with Crippen LogP contribution in [-0.4, -0.2) is 30.6 Å². The summed E-state index contributed by atoms with van der Waals surface area (Å²) in [5.74, 6) is 1.18. The zero-order valence-electron chi connectivity index (χ0n) is 7.46. The third-order valence-corrected chi connectivity index (χ3v) is 2.39. The molecule has 0 radical (unpaired) electrons. The van der Waals surface area contributed by atoms with E-state index < -0.39 is 0 Å². The summed E-state index contributed by atoms with van der Waals surface area (Å²) in [6.45, 7) is 2.91. The van der Waals surface area contributed by atoms with Crippen LogP contribution in [0, 0.1) is 0 Å². The van der Waals surface area contributed by atoms with E-state index in [0.29, 0.717) is 0 Å². The van der Waals surface area contributed by atoms with Gasteiger partial charge in [0.05, 0.1) is 6.61 Å². The predicted molar refractivity (Wildman–Crippen MR) is 48.0 cm³/mol. The number of hydrogen-bond acceptors (Lipinski definition) is 3. The summed E-state index contributed by atoms with van der Waals surface area (Å²) >= 11 is 0. The molecule has 0 unspecified atom stereocenters. The Morgan fingerprint density at radius 3 is 3.00 bits per heavy atom. The average Bonchev–Trinajstić information content (AvgIpc) is 2.48. The summed E-state index contributed by atoms with van der Waals surface area (Å²) in [5, 5.41) is 2.01. The van der Waals surface area contributed by atoms with Crippen LogP contribution < -0.4 is 0 Å². The summed E-state index contributed by atoms with van der Waals surface area (Å²) in [6, 6.07) is 0. The number of aliphatic imine (C=N–C) groups is 1. The lowest BCUT2D eigenvalue weighted by atomic mass is 10.2. The molecular weight excluding hydrogens is 152 g/mol. The molecule has 2 heterocycles. The normalized spacial score (nSPS) is 25.3. The van der Waals surface area contributed by atoms with E-state index in [2.05, 4.69) is 4.99 Å². The molecule has 2 rings (SSSR count). The first-order chi connectivity index (χ1) is 5.97. The van der Waals surface area contributed by atoms with Crippen molar-refractivity contribution in [2.45, 2.75) is 32.1 Å². The van der Waals surface area contributed by atoms with Crippen molar-refractivity contribution in [3.63, 3.8) is 0 Å². The maximum absolute atomic E-state index is 5.59. The predicted octanol–water partition coefficient (Wildman–Crippen LogP) is 1.60. The van der Waals surface area contributed by atoms with E-state index >= 15 is 0 Å². The van der Waals surface area contributed by atoms with Crippen LogP contribution in [0.1, 0.15) is 32.1 Å². The highest BCUT2D eigenvalue weighted by molar-refractivity contribution is 5.82. The Bertz CT molecular complexity index is 171. The van der Waals surface area contributed by atoms with Crippen LogP contribution in [0.25, 0.3) is 0 Å². The second-order valence-corrected chi connectivity index (χ2v) is 3.40. The minimum absolute atomic E-state index is 0.874. The molecule has 0 aromatic heterocycles. The Morgan fingerprint density at radius 1 is 1.17 bits per heavy atom. The van der Waals surface area contributed by atoms with Crippen LogP contribution in [0.3, 0.4) is 0 Å². The fraction of sp³-hybridized carbons (Fsp3) is 0.889. The fourth-order valence-corrected chi connectivity index (χ4v) is 1.71. The zero-order valence-corrected chi connectivity index (χ0v) is 7.46. The topological polar surface area (TPSA) is 24.8 Å². The summed E-state index contributed by atoms with van der Waals surface area (Å²) < 4.78 is 0. The van der Waals surface area contributed by atoms with Crippen molar-refractivity contribution in [1.29, 1.82) is 0 Å². The first-order valence-electron chi connectivity index (χ1n) is 4.90. The molecule has 2 aliphatic rings. The van der Waals surface area contributed by atoms with Gasteiger partial charge in [0.2, 0.25) is 0 Å². The van der Waals surface area contributed by atoms with Crippen LogP contribution >= 0.6 is 0 Å². The number of hydroxylamine groups is 2. The van der Waals surface area contributed by atoms with Crippen LogP contribution in [0.5, 0.6) is 0 Å². The molecule has 0 N–H and O–H groups in total. The van der Waals surface area contributed by atoms with E-state index in [-0.39, 0.29) is 0 Å². The van der Waals surface area contributed by atoms with Crippen molar-refractivity contribution >= 4 is 5.84 Å². The SMILES string of the molecule is C1CCON(C2=NCCC2)CC1. The van der Waals surface area contributed by atoms with Gasteiger partial charge in [0.1, 0.15) is 5.84 Å². The second kappa shape index (κ2) is 3.90. The van der Waals surface area contributed by atoms with E-state index in [1.807, 2.05) is 5.06 Å². The molecule has 0 spiro atoms. The van der Waals surface area contributed by atoms with Gasteiger partial charge in [0.25, 0.3) is 0 Å². The van der Waals surface area contributed by atoms with Crippen LogP contribution in [0.2, 0.25) is 0 Å². The van der Waals surface area contributed by atoms with Gasteiger partial charge in [-0.15, -0.1) is 0 Å². The van der Waals surface area contributed by atoms with Gasteiger partial charge >= 0.3 is 0 Å². The van der Waals surface area contributed by atoms with Gasteiger partial charge in [-0.25, -0.2) is 5.06 Å². The molecule has 0 bridgehead atoms. The molecule has 3 nitrogen and oxygen atoms in total. The fourth-order valence-electron chi connectivity index (χ4n) is 1.71. The van der Waals surface area contributed by atoms with E-state index in [9.17, 15) is 0 Å². The molecule has 1 fully saturated rings. The molecule has 0 aromatic rings. The van der Waals surface area contributed by atoms with E-state index in [1.54, 1.807) is 0 Å². The van der Waals surface area contributed by atoms with Gasteiger partial charge in [-0.3, -0.25) is 9.83 Å². The molecule has 3 heteroatoms. The largest absolute Gasteiger partial charge is 0.272 e. The molecule has 0 saturated carbocycles. The Kier molecular flexibility index (Phi) is 2.61. The lowest BCUT2D eigenvalue weighted by Gasteiger charge is -2.20. The summed E-state index contributed by atoms with van der Waals surface area (Å²) in [5.41, 5.74) is 0. The molecular formula is C9H16N2O. The van der Waals surface area contributed by atoms with Gasteiger partial charge < -0.3 is 0 Å². The van der Waals surface area contributed by atoms with Gasteiger partial charge in [-0.2, -0.15) is 0 Å². The zero-order chi connectivity index (χ0) is 8.23. The van der Waals surface area contributed by atoms with Crippen LogP contribution in [-0.2, 0) is 4.84 Å². The molecule has 2 aliphatic heterocycles. The molecule has 12 heavy (non-hydrogen) atoms. The minimum atomic E-state index is 0.874. The molecule has 0 amide bonds. The van der Waals surface area contributed by atoms with E-state index in [4.69, 9.17) is 4.84 Å². The van der Waals surface area contributed by atoms with Crippen molar-refractivity contribution in [3.05, 3.63) is 0 Å². The van der Waals surface area contributed by atoms with Gasteiger partial charge in [-0.05, 0) is 25.7 Å². The van der Waals surface area contributed by atoms with Crippen molar-refractivity contribution < 1.29 is 4.84 Å². The standard InChI is InChI=1S/C9H16N2O/c1-2-7-11(12-8-3-1)9-5-4-6-10-9/h1-8H2. The summed E-state index contributed by atoms with van der Waals surface area (Å²) in [4.78, 5) is 10.0.